The SMILES string of the molecule is CC.CC.CC.CC.CC.CC.CC.CC.CC.CC.CC.CC.CC.CC.CC.CC.CCl.Cn1cccc1.c1c[nH]cn1.c1ccc2[nH]ccc2c1.c1ccc2[nH]ccc2c1.c1ccc2ncccc2c1.c1ccc2occc2c1.c1ccncc1.c1ccoc1.c1ccsc1.c1cn[nH]c1.c1cn[nH]n1.c1cnccn1.c1cocn1.c1cscn1.c1nc[nH]n1.c1nn[nH]n1. The van der Waals surface area contributed by atoms with E-state index in [1.807, 2.05) is 420 Å². The number of benzene rings is 4. The average molecular weight is 1900 g/mol. The Morgan fingerprint density at radius 2 is 0.799 bits per heavy atom. The number of nitrogens with zero attached hydrogens (tertiary/aromatic N) is 16. The number of oxazole rings is 1. The number of halogens is 1. The van der Waals surface area contributed by atoms with Gasteiger partial charge in [-0.25, -0.2) is 15.0 Å². The molecule has 0 amide bonds. The van der Waals surface area contributed by atoms with E-state index in [0.29, 0.717) is 0 Å². The summed E-state index contributed by atoms with van der Waals surface area (Å²) in [6, 6.07) is 61.8. The molecule has 0 aliphatic heterocycles. The monoisotopic (exact) mass is 1900 g/mol. The van der Waals surface area contributed by atoms with Gasteiger partial charge in [0.15, 0.2) is 12.7 Å². The van der Waals surface area contributed by atoms with Gasteiger partial charge in [-0.05, 0) is 113 Å². The number of aromatic nitrogens is 23. The number of pyridine rings is 2. The minimum Gasteiger partial charge on any atom is -0.473 e. The number of hydrogen-bond acceptors (Lipinski definition) is 20. The molecule has 0 aliphatic rings. The fraction of sp³-hybridized carbons (Fsp3) is 0.324. The van der Waals surface area contributed by atoms with E-state index < -0.39 is 0 Å². The zero-order valence-electron chi connectivity index (χ0n) is 87.4. The summed E-state index contributed by atoms with van der Waals surface area (Å²) < 4.78 is 16.2. The molecule has 0 radical (unpaired) electrons. The number of thiazole rings is 1. The van der Waals surface area contributed by atoms with Crippen LogP contribution >= 0.6 is 34.3 Å². The molecule has 20 aromatic rings. The van der Waals surface area contributed by atoms with Crippen molar-refractivity contribution in [3.8, 4) is 0 Å². The van der Waals surface area contributed by atoms with Crippen LogP contribution in [0, 0.1) is 0 Å². The topological polar surface area (TPSA) is 348 Å². The van der Waals surface area contributed by atoms with Crippen LogP contribution < -0.4 is 0 Å². The first-order valence-corrected chi connectivity index (χ1v) is 48.9. The van der Waals surface area contributed by atoms with Crippen LogP contribution in [0.2, 0.25) is 0 Å². The Hall–Kier alpha value is -13.7. The van der Waals surface area contributed by atoms with E-state index in [-0.39, 0.29) is 0 Å². The van der Waals surface area contributed by atoms with Gasteiger partial charge >= 0.3 is 0 Å². The summed E-state index contributed by atoms with van der Waals surface area (Å²) >= 11 is 7.95. The number of nitrogens with one attached hydrogen (secondary N) is 7. The Labute approximate surface area is 821 Å². The molecule has 7 N–H and O–H groups in total. The van der Waals surface area contributed by atoms with Crippen molar-refractivity contribution in [3.63, 3.8) is 0 Å². The lowest BCUT2D eigenvalue weighted by Gasteiger charge is -1.91. The number of rotatable bonds is 0. The van der Waals surface area contributed by atoms with Crippen molar-refractivity contribution in [3.05, 3.63) is 384 Å². The van der Waals surface area contributed by atoms with Crippen molar-refractivity contribution < 1.29 is 13.3 Å². The number of hydrogen-bond donors (Lipinski definition) is 7. The molecule has 0 aliphatic carbocycles. The Morgan fingerprint density at radius 3 is 1.06 bits per heavy atom. The molecule has 0 saturated heterocycles. The van der Waals surface area contributed by atoms with Crippen LogP contribution in [-0.4, -0.2) is 122 Å². The van der Waals surface area contributed by atoms with Crippen molar-refractivity contribution in [1.29, 1.82) is 0 Å². The highest BCUT2D eigenvalue weighted by atomic mass is 35.5. The van der Waals surface area contributed by atoms with Gasteiger partial charge in [-0.15, -0.1) is 33.1 Å². The summed E-state index contributed by atoms with van der Waals surface area (Å²) in [7, 11) is 2.00. The lowest BCUT2D eigenvalue weighted by Crippen LogP contribution is -1.75. The minimum absolute atomic E-state index is 0.956. The number of fused-ring (bicyclic) bond motifs is 4. The van der Waals surface area contributed by atoms with Gasteiger partial charge in [-0.2, -0.15) is 42.2 Å². The summed E-state index contributed by atoms with van der Waals surface area (Å²) in [5, 5.41) is 44.6. The van der Waals surface area contributed by atoms with Crippen LogP contribution in [0.15, 0.2) is 397 Å². The van der Waals surface area contributed by atoms with E-state index in [1.54, 1.807) is 140 Å². The predicted molar refractivity (Wildman–Crippen MR) is 585 cm³/mol. The standard InChI is InChI=1S/C9H7N.2C8H7N.C8H6O.C5H7N.C5H5N.C4H4N2.C4H4O.C4H4S.2C3H4N2.C3H3NO.C3H3NS.2C2H3N3.16C2H6.CH3Cl.CH2N4/c1-2-6-9-8(4-1)5-3-7-10-9;3*1-2-4-8-7(3-1)5-6-9-8;1-6-4-2-3-5-6;1-2-4-6-5-3-1;1-2-6-4-3-5-1;2*1-2-4-5-3-1;1-2-5-3-4-1;1-2-4-5-3-1;2*1-2-5-3-4-1;1-3-2-5-4-1;1-2-4-5-3-1;17*1-2;1-2-4-5-3-1/h1-7H;2*1-6,9H;1-6H;2-5H,1H3;1-5H;1-4H;2*1-4H;2*1-3H,(H,4,5);2*1-3H;2*1-2H,(H,3,4,5);16*1-2H3;1H3;1H,(H,2,3,4,5). The predicted octanol–water partition coefficient (Wildman–Crippen LogP) is 33.3. The second kappa shape index (κ2) is 156. The Morgan fingerprint density at radius 1 is 0.299 bits per heavy atom. The molecular weight excluding hydrogens is 1730 g/mol. The second-order valence-electron chi connectivity index (χ2n) is 17.9. The van der Waals surface area contributed by atoms with Crippen molar-refractivity contribution in [1.82, 2.24) is 116 Å². The maximum absolute atomic E-state index is 5.12. The molecule has 20 rings (SSSR count). The first-order chi connectivity index (χ1) is 66.8. The van der Waals surface area contributed by atoms with Crippen LogP contribution in [0.5, 0.6) is 0 Å². The Kier molecular flexibility index (Phi) is 174. The third-order valence-electron chi connectivity index (χ3n) is 10.9. The quantitative estimate of drug-likeness (QED) is 0.0693. The fourth-order valence-corrected chi connectivity index (χ4v) is 7.40. The lowest BCUT2D eigenvalue weighted by molar-refractivity contribution is 0.558. The van der Waals surface area contributed by atoms with Crippen LogP contribution in [-0.2, 0) is 7.05 Å². The van der Waals surface area contributed by atoms with Crippen LogP contribution in [0.25, 0.3) is 43.7 Å². The molecule has 16 heterocycles. The molecule has 29 heteroatoms. The Bertz CT molecular complexity index is 3740. The largest absolute Gasteiger partial charge is 0.473 e. The van der Waals surface area contributed by atoms with Gasteiger partial charge in [0.25, 0.3) is 0 Å². The molecular formula is C105H172ClN23O3S2. The highest BCUT2D eigenvalue weighted by Crippen LogP contribution is 2.13. The maximum atomic E-state index is 5.12. The molecule has 4 aromatic carbocycles. The van der Waals surface area contributed by atoms with Crippen LogP contribution in [0.1, 0.15) is 222 Å². The molecule has 0 atom stereocenters. The van der Waals surface area contributed by atoms with Crippen molar-refractivity contribution in [2.75, 3.05) is 6.38 Å². The highest BCUT2D eigenvalue weighted by Gasteiger charge is 1.91. The van der Waals surface area contributed by atoms with Gasteiger partial charge in [0.2, 0.25) is 0 Å². The smallest absolute Gasteiger partial charge is 0.180 e. The number of para-hydroxylation sites is 4. The first-order valence-electron chi connectivity index (χ1n) is 46.2. The second-order valence-corrected chi connectivity index (χ2v) is 19.5. The third-order valence-corrected chi connectivity index (χ3v) is 12.0. The van der Waals surface area contributed by atoms with Gasteiger partial charge in [0, 0.05) is 140 Å². The zero-order chi connectivity index (χ0) is 104. The van der Waals surface area contributed by atoms with Gasteiger partial charge < -0.3 is 32.8 Å². The molecule has 0 fully saturated rings. The summed E-state index contributed by atoms with van der Waals surface area (Å²) in [6.07, 6.45) is 48.4. The molecule has 0 spiro atoms. The lowest BCUT2D eigenvalue weighted by atomic mass is 10.2. The van der Waals surface area contributed by atoms with Crippen molar-refractivity contribution in [2.45, 2.75) is 222 Å². The van der Waals surface area contributed by atoms with Crippen molar-refractivity contribution >= 4 is 78.0 Å². The third kappa shape index (κ3) is 114. The van der Waals surface area contributed by atoms with E-state index in [9.17, 15) is 0 Å². The van der Waals surface area contributed by atoms with Gasteiger partial charge in [-0.3, -0.25) is 35.1 Å². The number of aryl methyl sites for hydroxylation is 1. The number of aromatic amines is 7. The van der Waals surface area contributed by atoms with E-state index in [0.717, 1.165) is 16.5 Å². The molecule has 0 bridgehead atoms. The van der Waals surface area contributed by atoms with Crippen LogP contribution in [0.3, 0.4) is 0 Å². The summed E-state index contributed by atoms with van der Waals surface area (Å²) in [5.41, 5.74) is 6.22. The number of imidazole rings is 1. The molecule has 0 saturated carbocycles. The Balaban J connectivity index is -0.000000104. The number of thiophene rings is 1. The number of alkyl halides is 1. The molecule has 26 nitrogen and oxygen atoms in total. The van der Waals surface area contributed by atoms with Crippen LogP contribution in [0.4, 0.5) is 0 Å². The highest BCUT2D eigenvalue weighted by molar-refractivity contribution is 7.07. The van der Waals surface area contributed by atoms with Crippen molar-refractivity contribution in [2.24, 2.45) is 7.05 Å². The minimum atomic E-state index is 0.956. The van der Waals surface area contributed by atoms with Gasteiger partial charge in [-0.1, -0.05) is 324 Å². The molecule has 16 aromatic heterocycles. The number of tetrazole rings is 1. The summed E-state index contributed by atoms with van der Waals surface area (Å²) in [4.78, 5) is 38.9. The number of furan rings is 2. The normalized spacial score (nSPS) is 7.37. The summed E-state index contributed by atoms with van der Waals surface area (Å²) in [6.45, 7) is 64.0. The number of H-pyrrole nitrogens is 7. The van der Waals surface area contributed by atoms with E-state index in [1.165, 1.54) is 65.2 Å². The first kappa shape index (κ1) is 149. The molecule has 744 valence electrons. The van der Waals surface area contributed by atoms with E-state index in [4.69, 9.17) is 4.42 Å². The average Bonchev–Trinajstić information content (AvgIpc) is 1.86. The molecule has 0 unspecified atom stereocenters. The molecule has 134 heavy (non-hydrogen) atoms. The van der Waals surface area contributed by atoms with Gasteiger partial charge in [0.1, 0.15) is 24.5 Å². The maximum Gasteiger partial charge on any atom is 0.180 e. The van der Waals surface area contributed by atoms with Gasteiger partial charge in [0.05, 0.1) is 54.7 Å². The summed E-state index contributed by atoms with van der Waals surface area (Å²) in [5.74, 6) is 0. The van der Waals surface area contributed by atoms with E-state index in [2.05, 4.69) is 180 Å². The zero-order valence-corrected chi connectivity index (χ0v) is 89.8. The van der Waals surface area contributed by atoms with E-state index >= 15 is 0 Å². The fourth-order valence-electron chi connectivity index (χ4n) is 6.60.